The van der Waals surface area contributed by atoms with E-state index in [1.807, 2.05) is 49.1 Å². The first-order valence-corrected chi connectivity index (χ1v) is 18.0. The first-order chi connectivity index (χ1) is 25.3. The number of morpholine rings is 1. The Kier molecular flexibility index (Phi) is 15.8. The number of amides is 4. The molecule has 15 heteroatoms. The molecule has 2 fully saturated rings. The fraction of sp³-hybridized carbons (Fsp3) is 0.553. The van der Waals surface area contributed by atoms with Crippen molar-refractivity contribution < 1.29 is 47.0 Å². The van der Waals surface area contributed by atoms with Gasteiger partial charge in [-0.05, 0) is 43.2 Å². The molecule has 2 heterocycles. The van der Waals surface area contributed by atoms with Crippen LogP contribution >= 0.6 is 0 Å². The molecule has 2 saturated heterocycles. The summed E-state index contributed by atoms with van der Waals surface area (Å²) in [4.78, 5) is 69.7. The van der Waals surface area contributed by atoms with E-state index in [-0.39, 0.29) is 37.7 Å². The largest absolute Gasteiger partial charge is 0.379 e. The van der Waals surface area contributed by atoms with Crippen LogP contribution in [0.1, 0.15) is 44.7 Å². The predicted molar refractivity (Wildman–Crippen MR) is 191 cm³/mol. The number of benzene rings is 2. The number of ether oxygens (including phenoxy) is 3. The van der Waals surface area contributed by atoms with Crippen LogP contribution in [0.25, 0.3) is 0 Å². The highest BCUT2D eigenvalue weighted by Crippen LogP contribution is 2.29. The molecule has 0 saturated carbocycles. The third-order valence-corrected chi connectivity index (χ3v) is 9.06. The minimum Gasteiger partial charge on any atom is -0.379 e. The number of ketones is 1. The summed E-state index contributed by atoms with van der Waals surface area (Å²) in [6.07, 6.45) is 0.836. The van der Waals surface area contributed by atoms with Crippen molar-refractivity contribution in [2.75, 3.05) is 46.1 Å². The van der Waals surface area contributed by atoms with Crippen LogP contribution in [0.2, 0.25) is 0 Å². The number of rotatable bonds is 21. The Balaban J connectivity index is 1.52. The van der Waals surface area contributed by atoms with E-state index >= 15 is 0 Å². The molecule has 2 aromatic carbocycles. The second-order valence-corrected chi connectivity index (χ2v) is 14.0. The van der Waals surface area contributed by atoms with Gasteiger partial charge in [-0.3, -0.25) is 28.9 Å². The van der Waals surface area contributed by atoms with Gasteiger partial charge >= 0.3 is 6.61 Å². The van der Waals surface area contributed by atoms with Crippen LogP contribution in [-0.2, 0) is 51.0 Å². The molecule has 4 N–H and O–H groups in total. The van der Waals surface area contributed by atoms with E-state index in [4.69, 9.17) is 9.47 Å². The van der Waals surface area contributed by atoms with Crippen LogP contribution in [0.5, 0.6) is 0 Å². The number of alkyl halides is 2. The summed E-state index contributed by atoms with van der Waals surface area (Å²) in [6.45, 7) is 3.53. The topological polar surface area (TPSA) is 168 Å². The van der Waals surface area contributed by atoms with E-state index < -0.39 is 66.6 Å². The summed E-state index contributed by atoms with van der Waals surface area (Å²) in [5.74, 6) is -3.14. The summed E-state index contributed by atoms with van der Waals surface area (Å²) in [5, 5.41) is 10.6. The molecule has 0 unspecified atom stereocenters. The molecule has 290 valence electrons. The average Bonchev–Trinajstić information content (AvgIpc) is 3.89. The Morgan fingerprint density at radius 2 is 1.34 bits per heavy atom. The van der Waals surface area contributed by atoms with Gasteiger partial charge in [0.05, 0.1) is 39.0 Å². The van der Waals surface area contributed by atoms with Crippen molar-refractivity contribution in [1.29, 1.82) is 0 Å². The Labute approximate surface area is 308 Å². The molecular formula is C38H51F2N5O8. The summed E-state index contributed by atoms with van der Waals surface area (Å²) in [5.41, 5.74) is 0.557. The van der Waals surface area contributed by atoms with Crippen LogP contribution in [0.3, 0.4) is 0 Å². The fourth-order valence-electron chi connectivity index (χ4n) is 5.98. The maximum Gasteiger partial charge on any atom is 0.345 e. The van der Waals surface area contributed by atoms with E-state index in [1.165, 1.54) is 0 Å². The molecule has 0 aromatic heterocycles. The Morgan fingerprint density at radius 3 is 1.92 bits per heavy atom. The van der Waals surface area contributed by atoms with E-state index in [9.17, 15) is 32.8 Å². The lowest BCUT2D eigenvalue weighted by atomic mass is 9.93. The molecule has 2 aliphatic heterocycles. The maximum absolute atomic E-state index is 13.8. The summed E-state index contributed by atoms with van der Waals surface area (Å²) >= 11 is 0. The number of nitrogens with one attached hydrogen (secondary N) is 4. The van der Waals surface area contributed by atoms with Crippen molar-refractivity contribution in [3.05, 3.63) is 71.8 Å². The maximum atomic E-state index is 13.8. The van der Waals surface area contributed by atoms with Gasteiger partial charge in [-0.1, -0.05) is 74.5 Å². The standard InChI is InChI=1S/C38H51F2N5O8/c1-25(2)20-29(33(47)38(3)24-53-38)42-35(49)30(21-27-12-8-5-9-13-27)43-36(50)31(23-52-37(39)40)44-34(48)28(15-14-26-10-6-4-7-11-26)41-32(46)22-45-16-18-51-19-17-45/h4-13,25,28-31,37H,14-24H2,1-3H3,(H,41,46)(H,42,49)(H,43,50)(H,44,48)/t28-,29-,30-,31-,38+/m0/s1. The highest BCUT2D eigenvalue weighted by molar-refractivity contribution is 5.98. The number of hydrogen-bond acceptors (Lipinski definition) is 9. The van der Waals surface area contributed by atoms with Gasteiger partial charge < -0.3 is 35.5 Å². The predicted octanol–water partition coefficient (Wildman–Crippen LogP) is 1.78. The zero-order chi connectivity index (χ0) is 38.4. The number of carbonyl (C=O) groups excluding carboxylic acids is 5. The van der Waals surface area contributed by atoms with Gasteiger partial charge in [0, 0.05) is 19.5 Å². The second-order valence-electron chi connectivity index (χ2n) is 14.0. The zero-order valence-electron chi connectivity index (χ0n) is 30.5. The lowest BCUT2D eigenvalue weighted by Gasteiger charge is -2.28. The molecule has 2 aromatic rings. The number of epoxide rings is 1. The summed E-state index contributed by atoms with van der Waals surface area (Å²) < 4.78 is 41.8. The average molecular weight is 744 g/mol. The van der Waals surface area contributed by atoms with Crippen molar-refractivity contribution in [2.24, 2.45) is 5.92 Å². The molecule has 13 nitrogen and oxygen atoms in total. The monoisotopic (exact) mass is 743 g/mol. The molecule has 0 radical (unpaired) electrons. The number of Topliss-reactive ketones (excluding diaryl/α,β-unsaturated/α-hetero) is 1. The fourth-order valence-corrected chi connectivity index (χ4v) is 5.98. The lowest BCUT2D eigenvalue weighted by Crippen LogP contribution is -2.60. The van der Waals surface area contributed by atoms with Crippen LogP contribution in [-0.4, -0.2) is 117 Å². The van der Waals surface area contributed by atoms with Gasteiger partial charge in [0.15, 0.2) is 5.78 Å². The van der Waals surface area contributed by atoms with Gasteiger partial charge in [0.1, 0.15) is 23.7 Å². The number of nitrogens with zero attached hydrogens (tertiary/aromatic N) is 1. The van der Waals surface area contributed by atoms with E-state index in [2.05, 4.69) is 26.0 Å². The first kappa shape index (κ1) is 41.4. The van der Waals surface area contributed by atoms with Crippen molar-refractivity contribution in [3.8, 4) is 0 Å². The minimum atomic E-state index is -3.26. The summed E-state index contributed by atoms with van der Waals surface area (Å²) in [6, 6.07) is 13.1. The van der Waals surface area contributed by atoms with Crippen LogP contribution in [0.4, 0.5) is 8.78 Å². The van der Waals surface area contributed by atoms with Gasteiger partial charge in [0.25, 0.3) is 0 Å². The third-order valence-electron chi connectivity index (χ3n) is 9.06. The highest BCUT2D eigenvalue weighted by Gasteiger charge is 2.50. The number of aryl methyl sites for hydroxylation is 1. The molecule has 53 heavy (non-hydrogen) atoms. The third kappa shape index (κ3) is 13.9. The number of carbonyl (C=O) groups is 5. The molecule has 4 rings (SSSR count). The highest BCUT2D eigenvalue weighted by atomic mass is 19.3. The van der Waals surface area contributed by atoms with E-state index in [1.54, 1.807) is 37.3 Å². The minimum absolute atomic E-state index is 0.0115. The Bertz CT molecular complexity index is 1510. The zero-order valence-corrected chi connectivity index (χ0v) is 30.5. The van der Waals surface area contributed by atoms with Gasteiger partial charge in [-0.25, -0.2) is 0 Å². The molecule has 5 atom stereocenters. The van der Waals surface area contributed by atoms with Crippen LogP contribution < -0.4 is 21.3 Å². The van der Waals surface area contributed by atoms with E-state index in [0.717, 1.165) is 5.56 Å². The second kappa shape index (κ2) is 20.2. The molecule has 2 aliphatic rings. The van der Waals surface area contributed by atoms with Crippen LogP contribution in [0, 0.1) is 5.92 Å². The first-order valence-electron chi connectivity index (χ1n) is 18.0. The van der Waals surface area contributed by atoms with Crippen molar-refractivity contribution >= 4 is 29.4 Å². The Hall–Kier alpha value is -4.31. The van der Waals surface area contributed by atoms with Crippen molar-refractivity contribution in [3.63, 3.8) is 0 Å². The number of halogens is 2. The lowest BCUT2D eigenvalue weighted by molar-refractivity contribution is -0.148. The van der Waals surface area contributed by atoms with Gasteiger partial charge in [-0.2, -0.15) is 8.78 Å². The van der Waals surface area contributed by atoms with Crippen LogP contribution in [0.15, 0.2) is 60.7 Å². The SMILES string of the molecule is CC(C)C[C@H](NC(=O)[C@H](Cc1ccccc1)NC(=O)[C@H](COC(F)F)NC(=O)[C@H](CCc1ccccc1)NC(=O)CN1CCOCC1)C(=O)[C@@]1(C)CO1. The van der Waals surface area contributed by atoms with Gasteiger partial charge in [-0.15, -0.1) is 0 Å². The molecule has 0 bridgehead atoms. The Morgan fingerprint density at radius 1 is 0.792 bits per heavy atom. The molecule has 0 aliphatic carbocycles. The van der Waals surface area contributed by atoms with Crippen molar-refractivity contribution in [2.45, 2.75) is 82.8 Å². The number of hydrogen-bond donors (Lipinski definition) is 4. The normalized spacial score (nSPS) is 19.5. The molecule has 0 spiro atoms. The quantitative estimate of drug-likeness (QED) is 0.140. The van der Waals surface area contributed by atoms with Crippen molar-refractivity contribution in [1.82, 2.24) is 26.2 Å². The molecule has 4 amide bonds. The summed E-state index contributed by atoms with van der Waals surface area (Å²) in [7, 11) is 0. The van der Waals surface area contributed by atoms with Gasteiger partial charge in [0.2, 0.25) is 23.6 Å². The molecular weight excluding hydrogens is 692 g/mol. The van der Waals surface area contributed by atoms with E-state index in [0.29, 0.717) is 44.7 Å². The smallest absolute Gasteiger partial charge is 0.345 e.